The smallest absolute Gasteiger partial charge is 0.207 e. The summed E-state index contributed by atoms with van der Waals surface area (Å²) in [4.78, 5) is 0.123. The first-order valence-electron chi connectivity index (χ1n) is 6.38. The number of hydrogen-bond donors (Lipinski definition) is 0. The Morgan fingerprint density at radius 1 is 1.14 bits per heavy atom. The van der Waals surface area contributed by atoms with Gasteiger partial charge in [0.05, 0.1) is 4.90 Å². The molecule has 0 aliphatic carbocycles. The standard InChI is InChI=1S/C15H14BrF2NO2S/c1-10-7-13(5-6-14(10)16)22(20,21)19(2)9-11-3-4-12(17)8-15(11)18/h3-8H,9H2,1-2H3. The number of halogens is 3. The number of aryl methyl sites for hydroxylation is 1. The van der Waals surface area contributed by atoms with Crippen molar-refractivity contribution in [2.45, 2.75) is 18.4 Å². The molecule has 7 heteroatoms. The summed E-state index contributed by atoms with van der Waals surface area (Å²) in [6.07, 6.45) is 0. The van der Waals surface area contributed by atoms with Crippen LogP contribution in [0.15, 0.2) is 45.8 Å². The number of rotatable bonds is 4. The first-order chi connectivity index (χ1) is 10.2. The Bertz CT molecular complexity index is 809. The van der Waals surface area contributed by atoms with Crippen molar-refractivity contribution in [1.82, 2.24) is 4.31 Å². The van der Waals surface area contributed by atoms with Gasteiger partial charge in [0.1, 0.15) is 11.6 Å². The summed E-state index contributed by atoms with van der Waals surface area (Å²) < 4.78 is 53.4. The Labute approximate surface area is 136 Å². The molecule has 3 nitrogen and oxygen atoms in total. The highest BCUT2D eigenvalue weighted by molar-refractivity contribution is 9.10. The summed E-state index contributed by atoms with van der Waals surface area (Å²) in [5.74, 6) is -1.47. The highest BCUT2D eigenvalue weighted by Gasteiger charge is 2.22. The molecule has 0 aromatic heterocycles. The fourth-order valence-corrected chi connectivity index (χ4v) is 3.41. The molecule has 118 valence electrons. The predicted molar refractivity (Wildman–Crippen MR) is 83.9 cm³/mol. The van der Waals surface area contributed by atoms with Gasteiger partial charge in [-0.2, -0.15) is 4.31 Å². The fraction of sp³-hybridized carbons (Fsp3) is 0.200. The molecule has 0 N–H and O–H groups in total. The molecule has 2 rings (SSSR count). The molecule has 22 heavy (non-hydrogen) atoms. The fourth-order valence-electron chi connectivity index (χ4n) is 1.93. The quantitative estimate of drug-likeness (QED) is 0.795. The SMILES string of the molecule is Cc1cc(S(=O)(=O)N(C)Cc2ccc(F)cc2F)ccc1Br. The zero-order chi connectivity index (χ0) is 16.5. The van der Waals surface area contributed by atoms with Crippen molar-refractivity contribution in [2.24, 2.45) is 0 Å². The van der Waals surface area contributed by atoms with Crippen LogP contribution in [0.2, 0.25) is 0 Å². The first-order valence-corrected chi connectivity index (χ1v) is 8.61. The summed E-state index contributed by atoms with van der Waals surface area (Å²) in [6.45, 7) is 1.60. The normalized spacial score (nSPS) is 11.9. The van der Waals surface area contributed by atoms with Crippen LogP contribution in [-0.2, 0) is 16.6 Å². The lowest BCUT2D eigenvalue weighted by Gasteiger charge is -2.18. The van der Waals surface area contributed by atoms with Gasteiger partial charge in [-0.25, -0.2) is 17.2 Å². The van der Waals surface area contributed by atoms with E-state index in [9.17, 15) is 17.2 Å². The molecular weight excluding hydrogens is 376 g/mol. The molecule has 2 aromatic carbocycles. The van der Waals surface area contributed by atoms with Crippen molar-refractivity contribution in [3.05, 3.63) is 63.6 Å². The van der Waals surface area contributed by atoms with Gasteiger partial charge in [-0.15, -0.1) is 0 Å². The minimum absolute atomic E-state index is 0.112. The van der Waals surface area contributed by atoms with Crippen LogP contribution < -0.4 is 0 Å². The number of benzene rings is 2. The third-order valence-electron chi connectivity index (χ3n) is 3.25. The van der Waals surface area contributed by atoms with Crippen molar-refractivity contribution in [2.75, 3.05) is 7.05 Å². The van der Waals surface area contributed by atoms with Gasteiger partial charge in [-0.05, 0) is 36.8 Å². The summed E-state index contributed by atoms with van der Waals surface area (Å²) in [5, 5.41) is 0. The maximum absolute atomic E-state index is 13.7. The van der Waals surface area contributed by atoms with Gasteiger partial charge >= 0.3 is 0 Å². The van der Waals surface area contributed by atoms with E-state index in [4.69, 9.17) is 0 Å². The average molecular weight is 390 g/mol. The Balaban J connectivity index is 2.30. The maximum Gasteiger partial charge on any atom is 0.243 e. The molecule has 0 atom stereocenters. The molecular formula is C15H14BrF2NO2S. The summed E-state index contributed by atoms with van der Waals surface area (Å²) >= 11 is 3.31. The van der Waals surface area contributed by atoms with Crippen molar-refractivity contribution in [3.8, 4) is 0 Å². The lowest BCUT2D eigenvalue weighted by Crippen LogP contribution is -2.27. The monoisotopic (exact) mass is 389 g/mol. The van der Waals surface area contributed by atoms with E-state index in [2.05, 4.69) is 15.9 Å². The largest absolute Gasteiger partial charge is 0.243 e. The van der Waals surface area contributed by atoms with Gasteiger partial charge < -0.3 is 0 Å². The van der Waals surface area contributed by atoms with Crippen LogP contribution >= 0.6 is 15.9 Å². The number of nitrogens with zero attached hydrogens (tertiary/aromatic N) is 1. The maximum atomic E-state index is 13.7. The first kappa shape index (κ1) is 17.1. The van der Waals surface area contributed by atoms with Crippen molar-refractivity contribution in [3.63, 3.8) is 0 Å². The van der Waals surface area contributed by atoms with Crippen LogP contribution in [0.3, 0.4) is 0 Å². The van der Waals surface area contributed by atoms with Crippen LogP contribution in [0.4, 0.5) is 8.78 Å². The van der Waals surface area contributed by atoms with Gasteiger partial charge in [0.15, 0.2) is 0 Å². The molecule has 2 aromatic rings. The van der Waals surface area contributed by atoms with E-state index in [1.165, 1.54) is 25.2 Å². The van der Waals surface area contributed by atoms with Crippen LogP contribution in [0.25, 0.3) is 0 Å². The van der Waals surface area contributed by atoms with E-state index in [0.717, 1.165) is 26.5 Å². The molecule has 0 radical (unpaired) electrons. The molecule has 0 unspecified atom stereocenters. The molecule has 0 amide bonds. The summed E-state index contributed by atoms with van der Waals surface area (Å²) in [5.41, 5.74) is 0.892. The Kier molecular flexibility index (Phi) is 4.99. The second-order valence-electron chi connectivity index (χ2n) is 4.91. The summed E-state index contributed by atoms with van der Waals surface area (Å²) in [6, 6.07) is 7.74. The minimum atomic E-state index is -3.75. The molecule has 0 spiro atoms. The molecule has 0 fully saturated rings. The number of hydrogen-bond acceptors (Lipinski definition) is 2. The van der Waals surface area contributed by atoms with E-state index >= 15 is 0 Å². The second-order valence-corrected chi connectivity index (χ2v) is 7.81. The van der Waals surface area contributed by atoms with Crippen molar-refractivity contribution >= 4 is 26.0 Å². The van der Waals surface area contributed by atoms with Crippen LogP contribution in [-0.4, -0.2) is 19.8 Å². The molecule has 0 saturated heterocycles. The Morgan fingerprint density at radius 3 is 2.41 bits per heavy atom. The topological polar surface area (TPSA) is 37.4 Å². The van der Waals surface area contributed by atoms with Gasteiger partial charge in [0.25, 0.3) is 0 Å². The van der Waals surface area contributed by atoms with Gasteiger partial charge in [-0.1, -0.05) is 22.0 Å². The molecule has 0 saturated carbocycles. The third-order valence-corrected chi connectivity index (χ3v) is 5.93. The van der Waals surface area contributed by atoms with Gasteiger partial charge in [0, 0.05) is 29.7 Å². The molecule has 0 bridgehead atoms. The number of sulfonamides is 1. The van der Waals surface area contributed by atoms with E-state index in [1.807, 2.05) is 0 Å². The zero-order valence-electron chi connectivity index (χ0n) is 12.0. The predicted octanol–water partition coefficient (Wildman–Crippen LogP) is 3.86. The van der Waals surface area contributed by atoms with E-state index in [0.29, 0.717) is 0 Å². The molecule has 0 heterocycles. The van der Waals surface area contributed by atoms with Crippen LogP contribution in [0.1, 0.15) is 11.1 Å². The highest BCUT2D eigenvalue weighted by Crippen LogP contribution is 2.23. The van der Waals surface area contributed by atoms with E-state index in [-0.39, 0.29) is 17.0 Å². The second kappa shape index (κ2) is 6.44. The van der Waals surface area contributed by atoms with Crippen molar-refractivity contribution in [1.29, 1.82) is 0 Å². The molecule has 0 aliphatic heterocycles. The Morgan fingerprint density at radius 2 is 1.82 bits per heavy atom. The van der Waals surface area contributed by atoms with Gasteiger partial charge in [-0.3, -0.25) is 0 Å². The average Bonchev–Trinajstić information content (AvgIpc) is 2.44. The lowest BCUT2D eigenvalue weighted by atomic mass is 10.2. The van der Waals surface area contributed by atoms with Crippen LogP contribution in [0, 0.1) is 18.6 Å². The minimum Gasteiger partial charge on any atom is -0.207 e. The van der Waals surface area contributed by atoms with E-state index < -0.39 is 21.7 Å². The van der Waals surface area contributed by atoms with Gasteiger partial charge in [0.2, 0.25) is 10.0 Å². The van der Waals surface area contributed by atoms with Crippen molar-refractivity contribution < 1.29 is 17.2 Å². The van der Waals surface area contributed by atoms with Crippen LogP contribution in [0.5, 0.6) is 0 Å². The zero-order valence-corrected chi connectivity index (χ0v) is 14.4. The highest BCUT2D eigenvalue weighted by atomic mass is 79.9. The summed E-state index contributed by atoms with van der Waals surface area (Å²) in [7, 11) is -2.39. The lowest BCUT2D eigenvalue weighted by molar-refractivity contribution is 0.454. The van der Waals surface area contributed by atoms with E-state index in [1.54, 1.807) is 13.0 Å². The third kappa shape index (κ3) is 3.53. The molecule has 0 aliphatic rings. The Hall–Kier alpha value is -1.31.